The van der Waals surface area contributed by atoms with Crippen LogP contribution < -0.4 is 11.5 Å². The Bertz CT molecular complexity index is 533. The van der Waals surface area contributed by atoms with Crippen LogP contribution in [0.4, 0.5) is 5.69 Å². The average Bonchev–Trinajstić information content (AvgIpc) is 2.47. The number of hydrogen-bond donors (Lipinski definition) is 3. The number of nitrogens with two attached hydrogens (primary N) is 2. The highest BCUT2D eigenvalue weighted by atomic mass is 32.2. The number of aliphatic hydroxyl groups excluding tert-OH is 1. The summed E-state index contributed by atoms with van der Waals surface area (Å²) in [5, 5.41) is 10.1. The maximum Gasteiger partial charge on any atom is 0.0788 e. The number of benzene rings is 2. The summed E-state index contributed by atoms with van der Waals surface area (Å²) >= 11 is 1.54. The Kier molecular flexibility index (Phi) is 5.47. The third-order valence-electron chi connectivity index (χ3n) is 3.14. The number of hydrogen-bond acceptors (Lipinski definition) is 4. The van der Waals surface area contributed by atoms with Gasteiger partial charge < -0.3 is 16.6 Å². The summed E-state index contributed by atoms with van der Waals surface area (Å²) in [5.74, 6) is 0.544. The van der Waals surface area contributed by atoms with Gasteiger partial charge in [0, 0.05) is 22.4 Å². The highest BCUT2D eigenvalue weighted by molar-refractivity contribution is 7.99. The van der Waals surface area contributed by atoms with Gasteiger partial charge >= 0.3 is 0 Å². The van der Waals surface area contributed by atoms with Gasteiger partial charge in [-0.15, -0.1) is 11.8 Å². The fourth-order valence-electron chi connectivity index (χ4n) is 1.93. The van der Waals surface area contributed by atoms with E-state index in [0.29, 0.717) is 12.2 Å². The molecule has 2 aromatic rings. The molecule has 0 saturated heterocycles. The lowest BCUT2D eigenvalue weighted by Gasteiger charge is -2.19. The van der Waals surface area contributed by atoms with E-state index in [1.807, 2.05) is 54.6 Å². The van der Waals surface area contributed by atoms with Gasteiger partial charge in [0.1, 0.15) is 0 Å². The van der Waals surface area contributed by atoms with Crippen LogP contribution in [0.25, 0.3) is 0 Å². The molecule has 0 spiro atoms. The lowest BCUT2D eigenvalue weighted by atomic mass is 10.0. The number of para-hydroxylation sites is 1. The van der Waals surface area contributed by atoms with Gasteiger partial charge in [0.2, 0.25) is 0 Å². The molecule has 4 heteroatoms. The van der Waals surface area contributed by atoms with Crippen molar-refractivity contribution < 1.29 is 5.11 Å². The van der Waals surface area contributed by atoms with E-state index in [9.17, 15) is 5.11 Å². The standard InChI is InChI=1S/C16H20N2OS/c17-13-8-4-5-9-16(13)20-11-15(19)14(18)10-12-6-2-1-3-7-12/h1-9,14-15,19H,10-11,17-18H2. The Morgan fingerprint density at radius 3 is 2.35 bits per heavy atom. The molecular weight excluding hydrogens is 268 g/mol. The van der Waals surface area contributed by atoms with Crippen LogP contribution in [0.2, 0.25) is 0 Å². The molecule has 0 heterocycles. The molecule has 0 aliphatic rings. The molecule has 2 unspecified atom stereocenters. The minimum Gasteiger partial charge on any atom is -0.398 e. The van der Waals surface area contributed by atoms with Crippen LogP contribution in [0.15, 0.2) is 59.5 Å². The fourth-order valence-corrected chi connectivity index (χ4v) is 2.94. The molecule has 2 aromatic carbocycles. The minimum absolute atomic E-state index is 0.269. The summed E-state index contributed by atoms with van der Waals surface area (Å²) in [7, 11) is 0. The molecular formula is C16H20N2OS. The van der Waals surface area contributed by atoms with Gasteiger partial charge in [0.25, 0.3) is 0 Å². The van der Waals surface area contributed by atoms with Crippen LogP contribution in [0.3, 0.4) is 0 Å². The van der Waals surface area contributed by atoms with E-state index in [2.05, 4.69) is 0 Å². The molecule has 0 radical (unpaired) electrons. The van der Waals surface area contributed by atoms with Crippen LogP contribution in [0, 0.1) is 0 Å². The molecule has 0 saturated carbocycles. The van der Waals surface area contributed by atoms with Crippen LogP contribution >= 0.6 is 11.8 Å². The number of rotatable bonds is 6. The van der Waals surface area contributed by atoms with Crippen molar-refractivity contribution in [3.63, 3.8) is 0 Å². The Labute approximate surface area is 124 Å². The summed E-state index contributed by atoms with van der Waals surface area (Å²) < 4.78 is 0. The topological polar surface area (TPSA) is 72.3 Å². The van der Waals surface area contributed by atoms with Gasteiger partial charge in [-0.3, -0.25) is 0 Å². The molecule has 0 fully saturated rings. The maximum atomic E-state index is 10.1. The molecule has 106 valence electrons. The molecule has 20 heavy (non-hydrogen) atoms. The van der Waals surface area contributed by atoms with Gasteiger partial charge in [-0.1, -0.05) is 42.5 Å². The van der Waals surface area contributed by atoms with E-state index < -0.39 is 6.10 Å². The van der Waals surface area contributed by atoms with Crippen LogP contribution in [0.5, 0.6) is 0 Å². The molecule has 0 aromatic heterocycles. The van der Waals surface area contributed by atoms with Crippen LogP contribution in [-0.4, -0.2) is 23.0 Å². The first-order valence-electron chi connectivity index (χ1n) is 6.61. The number of nitrogen functional groups attached to an aromatic ring is 1. The smallest absolute Gasteiger partial charge is 0.0788 e. The number of anilines is 1. The Morgan fingerprint density at radius 2 is 1.65 bits per heavy atom. The molecule has 0 bridgehead atoms. The third-order valence-corrected chi connectivity index (χ3v) is 4.33. The van der Waals surface area contributed by atoms with Crippen LogP contribution in [0.1, 0.15) is 5.56 Å². The first-order valence-corrected chi connectivity index (χ1v) is 7.60. The molecule has 0 aliphatic heterocycles. The zero-order valence-corrected chi connectivity index (χ0v) is 12.1. The average molecular weight is 288 g/mol. The fraction of sp³-hybridized carbons (Fsp3) is 0.250. The van der Waals surface area contributed by atoms with Gasteiger partial charge in [-0.2, -0.15) is 0 Å². The first-order chi connectivity index (χ1) is 9.66. The van der Waals surface area contributed by atoms with E-state index in [4.69, 9.17) is 11.5 Å². The van der Waals surface area contributed by atoms with Crippen molar-refractivity contribution in [1.82, 2.24) is 0 Å². The van der Waals surface area contributed by atoms with Crippen molar-refractivity contribution in [3.8, 4) is 0 Å². The van der Waals surface area contributed by atoms with E-state index in [0.717, 1.165) is 16.1 Å². The Morgan fingerprint density at radius 1 is 1.00 bits per heavy atom. The summed E-state index contributed by atoms with van der Waals surface area (Å²) in [6.07, 6.45) is 0.118. The summed E-state index contributed by atoms with van der Waals surface area (Å²) in [4.78, 5) is 0.985. The highest BCUT2D eigenvalue weighted by Gasteiger charge is 2.16. The molecule has 2 rings (SSSR count). The summed E-state index contributed by atoms with van der Waals surface area (Å²) in [6, 6.07) is 17.4. The van der Waals surface area contributed by atoms with E-state index in [1.54, 1.807) is 0 Å². The monoisotopic (exact) mass is 288 g/mol. The van der Waals surface area contributed by atoms with Gasteiger partial charge in [0.15, 0.2) is 0 Å². The quantitative estimate of drug-likeness (QED) is 0.563. The zero-order valence-electron chi connectivity index (χ0n) is 11.3. The largest absolute Gasteiger partial charge is 0.398 e. The zero-order chi connectivity index (χ0) is 14.4. The number of thioether (sulfide) groups is 1. The minimum atomic E-state index is -0.556. The third kappa shape index (κ3) is 4.27. The van der Waals surface area contributed by atoms with E-state index in [-0.39, 0.29) is 6.04 Å². The number of aliphatic hydroxyl groups is 1. The molecule has 3 nitrogen and oxygen atoms in total. The van der Waals surface area contributed by atoms with Gasteiger partial charge in [-0.25, -0.2) is 0 Å². The van der Waals surface area contributed by atoms with Crippen LogP contribution in [-0.2, 0) is 6.42 Å². The van der Waals surface area contributed by atoms with Crippen molar-refractivity contribution >= 4 is 17.4 Å². The molecule has 5 N–H and O–H groups in total. The molecule has 2 atom stereocenters. The van der Waals surface area contributed by atoms with Crippen molar-refractivity contribution in [2.24, 2.45) is 5.73 Å². The van der Waals surface area contributed by atoms with Gasteiger partial charge in [0.05, 0.1) is 6.10 Å². The normalized spacial score (nSPS) is 13.9. The van der Waals surface area contributed by atoms with Crippen molar-refractivity contribution in [1.29, 1.82) is 0 Å². The second-order valence-corrected chi connectivity index (χ2v) is 5.83. The predicted octanol–water partition coefficient (Wildman–Crippen LogP) is 2.29. The van der Waals surface area contributed by atoms with Gasteiger partial charge in [-0.05, 0) is 24.1 Å². The lowest BCUT2D eigenvalue weighted by Crippen LogP contribution is -2.38. The van der Waals surface area contributed by atoms with E-state index >= 15 is 0 Å². The summed E-state index contributed by atoms with van der Waals surface area (Å²) in [5.41, 5.74) is 13.8. The molecule has 0 amide bonds. The van der Waals surface area contributed by atoms with Crippen molar-refractivity contribution in [2.75, 3.05) is 11.5 Å². The lowest BCUT2D eigenvalue weighted by molar-refractivity contribution is 0.168. The second kappa shape index (κ2) is 7.33. The Balaban J connectivity index is 1.85. The second-order valence-electron chi connectivity index (χ2n) is 4.77. The van der Waals surface area contributed by atoms with Crippen molar-refractivity contribution in [2.45, 2.75) is 23.5 Å². The Hall–Kier alpha value is -1.49. The predicted molar refractivity (Wildman–Crippen MR) is 85.7 cm³/mol. The first kappa shape index (κ1) is 14.9. The summed E-state index contributed by atoms with van der Waals surface area (Å²) in [6.45, 7) is 0. The maximum absolute atomic E-state index is 10.1. The SMILES string of the molecule is Nc1ccccc1SCC(O)C(N)Cc1ccccc1. The van der Waals surface area contributed by atoms with E-state index in [1.165, 1.54) is 11.8 Å². The molecule has 0 aliphatic carbocycles. The highest BCUT2D eigenvalue weighted by Crippen LogP contribution is 2.25. The van der Waals surface area contributed by atoms with Crippen molar-refractivity contribution in [3.05, 3.63) is 60.2 Å².